The summed E-state index contributed by atoms with van der Waals surface area (Å²) >= 11 is 0. The molecule has 1 aromatic carbocycles. The number of aromatic nitrogens is 2. The molecule has 0 spiro atoms. The number of benzene rings is 1. The lowest BCUT2D eigenvalue weighted by molar-refractivity contribution is 0.500. The van der Waals surface area contributed by atoms with Crippen LogP contribution < -0.4 is 10.6 Å². The van der Waals surface area contributed by atoms with Gasteiger partial charge < -0.3 is 10.6 Å². The first kappa shape index (κ1) is 11.9. The van der Waals surface area contributed by atoms with Crippen molar-refractivity contribution in [3.8, 4) is 0 Å². The van der Waals surface area contributed by atoms with E-state index in [4.69, 9.17) is 11.1 Å². The fourth-order valence-electron chi connectivity index (χ4n) is 2.54. The zero-order valence-corrected chi connectivity index (χ0v) is 10.7. The zero-order valence-electron chi connectivity index (χ0n) is 10.7. The van der Waals surface area contributed by atoms with E-state index in [1.54, 1.807) is 0 Å². The number of piperidine rings is 1. The molecule has 5 nitrogen and oxygen atoms in total. The van der Waals surface area contributed by atoms with Crippen LogP contribution in [0, 0.1) is 11.3 Å². The van der Waals surface area contributed by atoms with Gasteiger partial charge in [-0.3, -0.25) is 10.4 Å². The Bertz CT molecular complexity index is 610. The maximum Gasteiger partial charge on any atom is 0.147 e. The molecule has 1 unspecified atom stereocenters. The summed E-state index contributed by atoms with van der Waals surface area (Å²) in [5, 5.41) is 7.59. The Kier molecular flexibility index (Phi) is 3.03. The van der Waals surface area contributed by atoms with Crippen molar-refractivity contribution in [3.63, 3.8) is 0 Å². The van der Waals surface area contributed by atoms with Crippen LogP contribution in [0.2, 0.25) is 0 Å². The largest absolute Gasteiger partial charge is 0.387 e. The van der Waals surface area contributed by atoms with Crippen molar-refractivity contribution >= 4 is 22.7 Å². The standard InChI is InChI=1S/C14H17N5/c15-14(16)10-4-3-7-19(9-10)13-8-17-11-5-1-2-6-12(11)18-13/h1-2,5-6,8,10H,3-4,7,9H2,(H3,15,16). The van der Waals surface area contributed by atoms with Crippen molar-refractivity contribution in [3.05, 3.63) is 30.5 Å². The highest BCUT2D eigenvalue weighted by molar-refractivity contribution is 5.80. The molecule has 3 rings (SSSR count). The van der Waals surface area contributed by atoms with Crippen LogP contribution in [0.4, 0.5) is 5.82 Å². The monoisotopic (exact) mass is 255 g/mol. The second-order valence-electron chi connectivity index (χ2n) is 4.96. The molecule has 98 valence electrons. The minimum Gasteiger partial charge on any atom is -0.387 e. The summed E-state index contributed by atoms with van der Waals surface area (Å²) in [5.41, 5.74) is 7.43. The lowest BCUT2D eigenvalue weighted by Crippen LogP contribution is -2.41. The van der Waals surface area contributed by atoms with Crippen LogP contribution >= 0.6 is 0 Å². The maximum atomic E-state index is 7.59. The van der Waals surface area contributed by atoms with Crippen LogP contribution in [0.5, 0.6) is 0 Å². The number of hydrogen-bond acceptors (Lipinski definition) is 4. The van der Waals surface area contributed by atoms with Crippen molar-refractivity contribution < 1.29 is 0 Å². The van der Waals surface area contributed by atoms with E-state index < -0.39 is 0 Å². The van der Waals surface area contributed by atoms with E-state index in [1.807, 2.05) is 30.5 Å². The molecule has 1 atom stereocenters. The summed E-state index contributed by atoms with van der Waals surface area (Å²) in [6, 6.07) is 7.86. The Hall–Kier alpha value is -2.17. The van der Waals surface area contributed by atoms with Crippen LogP contribution in [0.25, 0.3) is 11.0 Å². The van der Waals surface area contributed by atoms with Crippen molar-refractivity contribution in [2.75, 3.05) is 18.0 Å². The van der Waals surface area contributed by atoms with Crippen LogP contribution in [-0.2, 0) is 0 Å². The number of fused-ring (bicyclic) bond motifs is 1. The predicted octanol–water partition coefficient (Wildman–Crippen LogP) is 1.78. The Morgan fingerprint density at radius 2 is 2.11 bits per heavy atom. The van der Waals surface area contributed by atoms with Crippen LogP contribution in [0.3, 0.4) is 0 Å². The Morgan fingerprint density at radius 1 is 1.32 bits per heavy atom. The molecule has 2 aromatic rings. The topological polar surface area (TPSA) is 78.9 Å². The molecule has 2 heterocycles. The lowest BCUT2D eigenvalue weighted by atomic mass is 9.97. The SMILES string of the molecule is N=C(N)C1CCCN(c2cnc3ccccc3n2)C1. The second-order valence-corrected chi connectivity index (χ2v) is 4.96. The highest BCUT2D eigenvalue weighted by Crippen LogP contribution is 2.22. The van der Waals surface area contributed by atoms with Gasteiger partial charge in [-0.1, -0.05) is 12.1 Å². The van der Waals surface area contributed by atoms with Gasteiger partial charge in [-0.2, -0.15) is 0 Å². The molecule has 1 saturated heterocycles. The fraction of sp³-hybridized carbons (Fsp3) is 0.357. The first-order chi connectivity index (χ1) is 9.24. The van der Waals surface area contributed by atoms with Gasteiger partial charge in [0.25, 0.3) is 0 Å². The van der Waals surface area contributed by atoms with E-state index in [0.29, 0.717) is 0 Å². The van der Waals surface area contributed by atoms with Crippen molar-refractivity contribution in [1.82, 2.24) is 9.97 Å². The summed E-state index contributed by atoms with van der Waals surface area (Å²) < 4.78 is 0. The Balaban J connectivity index is 1.89. The number of nitrogens with one attached hydrogen (secondary N) is 1. The van der Waals surface area contributed by atoms with Gasteiger partial charge in [0.05, 0.1) is 23.1 Å². The van der Waals surface area contributed by atoms with Gasteiger partial charge in [0.1, 0.15) is 5.82 Å². The van der Waals surface area contributed by atoms with Gasteiger partial charge >= 0.3 is 0 Å². The quantitative estimate of drug-likeness (QED) is 0.633. The van der Waals surface area contributed by atoms with Crippen molar-refractivity contribution in [2.24, 2.45) is 11.7 Å². The molecule has 1 aliphatic heterocycles. The molecular formula is C14H17N5. The molecule has 1 aromatic heterocycles. The minimum absolute atomic E-state index is 0.141. The van der Waals surface area contributed by atoms with E-state index >= 15 is 0 Å². The van der Waals surface area contributed by atoms with Crippen LogP contribution in [0.1, 0.15) is 12.8 Å². The van der Waals surface area contributed by atoms with Crippen LogP contribution in [0.15, 0.2) is 30.5 Å². The molecule has 0 aliphatic carbocycles. The molecule has 0 bridgehead atoms. The second kappa shape index (κ2) is 4.84. The molecule has 0 amide bonds. The maximum absolute atomic E-state index is 7.59. The molecule has 1 fully saturated rings. The Labute approximate surface area is 112 Å². The first-order valence-electron chi connectivity index (χ1n) is 6.54. The van der Waals surface area contributed by atoms with Gasteiger partial charge in [-0.15, -0.1) is 0 Å². The Morgan fingerprint density at radius 3 is 2.89 bits per heavy atom. The van der Waals surface area contributed by atoms with Crippen molar-refractivity contribution in [1.29, 1.82) is 5.41 Å². The highest BCUT2D eigenvalue weighted by Gasteiger charge is 2.23. The number of rotatable bonds is 2. The molecule has 5 heteroatoms. The lowest BCUT2D eigenvalue weighted by Gasteiger charge is -2.32. The molecule has 3 N–H and O–H groups in total. The predicted molar refractivity (Wildman–Crippen MR) is 76.4 cm³/mol. The fourth-order valence-corrected chi connectivity index (χ4v) is 2.54. The summed E-state index contributed by atoms with van der Waals surface area (Å²) in [4.78, 5) is 11.3. The number of nitrogens with two attached hydrogens (primary N) is 1. The molecule has 0 radical (unpaired) electrons. The first-order valence-corrected chi connectivity index (χ1v) is 6.54. The number of hydrogen-bond donors (Lipinski definition) is 2. The minimum atomic E-state index is 0.141. The van der Waals surface area contributed by atoms with Crippen LogP contribution in [-0.4, -0.2) is 28.9 Å². The molecule has 1 aliphatic rings. The third-order valence-electron chi connectivity index (χ3n) is 3.62. The number of anilines is 1. The number of para-hydroxylation sites is 2. The summed E-state index contributed by atoms with van der Waals surface area (Å²) in [7, 11) is 0. The van der Waals surface area contributed by atoms with Gasteiger partial charge in [0.15, 0.2) is 0 Å². The summed E-state index contributed by atoms with van der Waals surface area (Å²) in [6.07, 6.45) is 3.84. The zero-order chi connectivity index (χ0) is 13.2. The van der Waals surface area contributed by atoms with E-state index in [9.17, 15) is 0 Å². The van der Waals surface area contributed by atoms with E-state index in [-0.39, 0.29) is 11.8 Å². The number of nitrogens with zero attached hydrogens (tertiary/aromatic N) is 3. The average Bonchev–Trinajstić information content (AvgIpc) is 2.47. The van der Waals surface area contributed by atoms with Gasteiger partial charge in [-0.25, -0.2) is 4.98 Å². The summed E-state index contributed by atoms with van der Waals surface area (Å²) in [5.74, 6) is 1.30. The summed E-state index contributed by atoms with van der Waals surface area (Å²) in [6.45, 7) is 1.72. The smallest absolute Gasteiger partial charge is 0.147 e. The van der Waals surface area contributed by atoms with Gasteiger partial charge in [0.2, 0.25) is 0 Å². The molecule has 0 saturated carbocycles. The van der Waals surface area contributed by atoms with E-state index in [0.717, 1.165) is 42.8 Å². The number of amidine groups is 1. The average molecular weight is 255 g/mol. The van der Waals surface area contributed by atoms with Gasteiger partial charge in [0, 0.05) is 19.0 Å². The van der Waals surface area contributed by atoms with E-state index in [2.05, 4.69) is 14.9 Å². The molecule has 19 heavy (non-hydrogen) atoms. The third-order valence-corrected chi connectivity index (χ3v) is 3.62. The van der Waals surface area contributed by atoms with Crippen molar-refractivity contribution in [2.45, 2.75) is 12.8 Å². The third kappa shape index (κ3) is 2.36. The normalized spacial score (nSPS) is 19.6. The van der Waals surface area contributed by atoms with Gasteiger partial charge in [-0.05, 0) is 25.0 Å². The molecular weight excluding hydrogens is 238 g/mol. The highest BCUT2D eigenvalue weighted by atomic mass is 15.2. The van der Waals surface area contributed by atoms with E-state index in [1.165, 1.54) is 0 Å².